The van der Waals surface area contributed by atoms with Gasteiger partial charge in [-0.3, -0.25) is 39.5 Å². The van der Waals surface area contributed by atoms with Crippen molar-refractivity contribution in [3.8, 4) is 0 Å². The number of nitro groups is 2. The number of nitrogens with zero attached hydrogens (tertiary/aromatic N) is 4. The lowest BCUT2D eigenvalue weighted by molar-refractivity contribution is -0.385. The number of rotatable bonds is 8. The zero-order valence-corrected chi connectivity index (χ0v) is 29.5. The van der Waals surface area contributed by atoms with Crippen LogP contribution in [0.15, 0.2) is 36.2 Å². The number of amides is 2. The van der Waals surface area contributed by atoms with Crippen molar-refractivity contribution in [2.75, 3.05) is 20.8 Å². The molecule has 2 aromatic rings. The molecule has 1 saturated heterocycles. The van der Waals surface area contributed by atoms with Crippen LogP contribution in [-0.4, -0.2) is 96.0 Å². The second kappa shape index (κ2) is 15.8. The van der Waals surface area contributed by atoms with Crippen LogP contribution < -0.4 is 0 Å². The third-order valence-corrected chi connectivity index (χ3v) is 9.18. The van der Waals surface area contributed by atoms with E-state index in [4.69, 9.17) is 0 Å². The summed E-state index contributed by atoms with van der Waals surface area (Å²) in [5, 5.41) is 22.6. The topological polar surface area (TPSA) is 240 Å². The highest BCUT2D eigenvalue weighted by Gasteiger charge is 2.50. The average molecular weight is 773 g/mol. The van der Waals surface area contributed by atoms with E-state index in [2.05, 4.69) is 13.7 Å². The van der Waals surface area contributed by atoms with Crippen LogP contribution in [0.1, 0.15) is 55.8 Å². The highest BCUT2D eigenvalue weighted by Crippen LogP contribution is 2.34. The Labute approximate surface area is 298 Å². The number of ether oxygens (including phenoxy) is 2. The van der Waals surface area contributed by atoms with Crippen LogP contribution in [0.4, 0.5) is 24.5 Å². The molecule has 0 unspecified atom stereocenters. The maximum atomic E-state index is 12.9. The van der Waals surface area contributed by atoms with E-state index in [9.17, 15) is 65.8 Å². The third-order valence-electron chi connectivity index (χ3n) is 8.18. The lowest BCUT2D eigenvalue weighted by Crippen LogP contribution is -2.41. The Bertz CT molecular complexity index is 2050. The molecule has 1 fully saturated rings. The fourth-order valence-electron chi connectivity index (χ4n) is 5.15. The lowest BCUT2D eigenvalue weighted by Gasteiger charge is -2.22. The van der Waals surface area contributed by atoms with Gasteiger partial charge in [-0.1, -0.05) is 0 Å². The number of methoxy groups -OCH3 is 2. The number of nitro benzene ring substituents is 2. The number of halogens is 3. The van der Waals surface area contributed by atoms with Gasteiger partial charge < -0.3 is 18.6 Å². The molecule has 2 aliphatic heterocycles. The summed E-state index contributed by atoms with van der Waals surface area (Å²) in [6.45, 7) is 6.30. The van der Waals surface area contributed by atoms with Crippen molar-refractivity contribution in [3.63, 3.8) is 0 Å². The van der Waals surface area contributed by atoms with Crippen LogP contribution in [0.25, 0.3) is 0 Å². The van der Waals surface area contributed by atoms with Crippen LogP contribution in [0.2, 0.25) is 0 Å². The molecule has 2 amide bonds. The van der Waals surface area contributed by atoms with Gasteiger partial charge in [0.1, 0.15) is 29.0 Å². The molecule has 2 atom stereocenters. The molecule has 4 rings (SSSR count). The fraction of sp³-hybridized carbons (Fsp3) is 0.387. The summed E-state index contributed by atoms with van der Waals surface area (Å²) in [6, 6.07) is 2.41. The Kier molecular flexibility index (Phi) is 12.3. The van der Waals surface area contributed by atoms with Crippen molar-refractivity contribution >= 4 is 51.0 Å². The summed E-state index contributed by atoms with van der Waals surface area (Å²) in [5.74, 6) is -4.79. The number of Topliss-reactive ketones (excluding diaryl/α,β-unsaturated/α-hetero) is 1. The minimum atomic E-state index is -6.05. The van der Waals surface area contributed by atoms with E-state index in [0.29, 0.717) is 33.4 Å². The zero-order valence-electron chi connectivity index (χ0n) is 28.7. The monoisotopic (exact) mass is 772 g/mol. The predicted molar refractivity (Wildman–Crippen MR) is 172 cm³/mol. The smallest absolute Gasteiger partial charge is 0.467 e. The van der Waals surface area contributed by atoms with E-state index in [1.807, 2.05) is 0 Å². The number of benzene rings is 2. The molecule has 0 radical (unpaired) electrons. The number of carbonyl (C=O) groups is 5. The van der Waals surface area contributed by atoms with Gasteiger partial charge >= 0.3 is 27.6 Å². The zero-order chi connectivity index (χ0) is 40.3. The van der Waals surface area contributed by atoms with E-state index < -0.39 is 84.7 Å². The van der Waals surface area contributed by atoms with Gasteiger partial charge in [0.05, 0.1) is 30.6 Å². The molecule has 0 aromatic heterocycles. The van der Waals surface area contributed by atoms with Gasteiger partial charge in [-0.25, -0.2) is 9.59 Å². The molecule has 0 aliphatic carbocycles. The number of ketones is 1. The van der Waals surface area contributed by atoms with E-state index in [1.54, 1.807) is 27.7 Å². The molecule has 22 heteroatoms. The van der Waals surface area contributed by atoms with Crippen molar-refractivity contribution in [1.82, 2.24) is 9.80 Å². The first-order valence-corrected chi connectivity index (χ1v) is 16.4. The van der Waals surface area contributed by atoms with Crippen LogP contribution in [0, 0.1) is 47.9 Å². The number of alkyl halides is 3. The highest BCUT2D eigenvalue weighted by molar-refractivity contribution is 7.87. The van der Waals surface area contributed by atoms with Crippen molar-refractivity contribution in [2.24, 2.45) is 0 Å². The molecule has 2 aromatic carbocycles. The van der Waals surface area contributed by atoms with Crippen molar-refractivity contribution < 1.29 is 69.1 Å². The standard InChI is InChI=1S/C16H15F3N2O8S.C15H16N2O6/c1-8-4-11(12(21(24)25)5-9(8)2)14(22)20-7-10(6-13(20)15(23)28-3)29-30(26,27)16(17,18)19;1-8-4-11(12(17(21)22)5-9(8)2)14(19)16-7-10(18)6-13(16)15(20)23-3/h4-5,7,13H,6H2,1-3H3;4-5,13H,6-7H2,1-3H3/t2*13-/m00/s1. The van der Waals surface area contributed by atoms with Gasteiger partial charge in [-0.2, -0.15) is 21.6 Å². The van der Waals surface area contributed by atoms with Crippen LogP contribution in [0.5, 0.6) is 0 Å². The summed E-state index contributed by atoms with van der Waals surface area (Å²) in [7, 11) is -3.95. The van der Waals surface area contributed by atoms with Gasteiger partial charge in [0.15, 0.2) is 5.78 Å². The number of hydrogen-bond acceptors (Lipinski definition) is 14. The Morgan fingerprint density at radius 1 is 0.774 bits per heavy atom. The van der Waals surface area contributed by atoms with Gasteiger partial charge in [0.2, 0.25) is 0 Å². The van der Waals surface area contributed by atoms with Crippen LogP contribution in [-0.2, 0) is 38.2 Å². The Balaban J connectivity index is 0.000000295. The number of aryl methyl sites for hydroxylation is 4. The minimum Gasteiger partial charge on any atom is -0.467 e. The molecule has 53 heavy (non-hydrogen) atoms. The molecule has 2 aliphatic rings. The first-order valence-electron chi connectivity index (χ1n) is 15.0. The average Bonchev–Trinajstić information content (AvgIpc) is 3.68. The second-order valence-electron chi connectivity index (χ2n) is 11.7. The van der Waals surface area contributed by atoms with Crippen LogP contribution >= 0.6 is 0 Å². The maximum Gasteiger partial charge on any atom is 0.534 e. The van der Waals surface area contributed by atoms with Gasteiger partial charge in [0.25, 0.3) is 23.2 Å². The van der Waals surface area contributed by atoms with E-state index in [0.717, 1.165) is 25.2 Å². The molecular formula is C31H31F3N4O14S. The summed E-state index contributed by atoms with van der Waals surface area (Å²) in [4.78, 5) is 83.6. The lowest BCUT2D eigenvalue weighted by atomic mass is 10.0. The Hall–Kier alpha value is -5.93. The van der Waals surface area contributed by atoms with Crippen molar-refractivity contribution in [3.05, 3.63) is 89.8 Å². The van der Waals surface area contributed by atoms with Gasteiger partial charge in [-0.05, 0) is 62.1 Å². The van der Waals surface area contributed by atoms with E-state index >= 15 is 0 Å². The van der Waals surface area contributed by atoms with Crippen LogP contribution in [0.3, 0.4) is 0 Å². The predicted octanol–water partition coefficient (Wildman–Crippen LogP) is 3.47. The van der Waals surface area contributed by atoms with Gasteiger partial charge in [-0.15, -0.1) is 0 Å². The molecule has 18 nitrogen and oxygen atoms in total. The summed E-state index contributed by atoms with van der Waals surface area (Å²) >= 11 is 0. The largest absolute Gasteiger partial charge is 0.534 e. The molecule has 0 saturated carbocycles. The normalized spacial score (nSPS) is 17.0. The summed E-state index contributed by atoms with van der Waals surface area (Å²) in [6.07, 6.45) is -0.310. The summed E-state index contributed by atoms with van der Waals surface area (Å²) in [5.41, 5.74) is -4.89. The number of likely N-dealkylation sites (tertiary alicyclic amines) is 1. The first kappa shape index (κ1) is 41.5. The Morgan fingerprint density at radius 3 is 1.64 bits per heavy atom. The third kappa shape index (κ3) is 8.94. The minimum absolute atomic E-state index is 0.137. The van der Waals surface area contributed by atoms with Crippen molar-refractivity contribution in [2.45, 2.75) is 58.1 Å². The van der Waals surface area contributed by atoms with E-state index in [1.165, 1.54) is 18.2 Å². The van der Waals surface area contributed by atoms with Crippen molar-refractivity contribution in [1.29, 1.82) is 0 Å². The quantitative estimate of drug-likeness (QED) is 0.123. The fourth-order valence-corrected chi connectivity index (χ4v) is 5.64. The SMILES string of the molecule is COC(=O)[C@@H]1CC(=O)CN1C(=O)c1cc(C)c(C)cc1[N+](=O)[O-].COC(=O)[C@@H]1CC(OS(=O)(=O)C(F)(F)F)=CN1C(=O)c1cc(C)c(C)cc1[N+](=O)[O-]. The van der Waals surface area contributed by atoms with E-state index in [-0.39, 0.29) is 30.0 Å². The number of esters is 2. The highest BCUT2D eigenvalue weighted by atomic mass is 32.2. The molecule has 0 N–H and O–H groups in total. The Morgan fingerprint density at radius 2 is 1.21 bits per heavy atom. The number of hydrogen-bond donors (Lipinski definition) is 0. The number of carbonyl (C=O) groups excluding carboxylic acids is 5. The second-order valence-corrected chi connectivity index (χ2v) is 13.2. The van der Waals surface area contributed by atoms with Gasteiger partial charge in [0, 0.05) is 31.2 Å². The summed E-state index contributed by atoms with van der Waals surface area (Å²) < 4.78 is 73.2. The maximum absolute atomic E-state index is 12.9. The molecular weight excluding hydrogens is 741 g/mol. The molecule has 2 heterocycles. The molecule has 286 valence electrons. The molecule has 0 spiro atoms. The molecule has 0 bridgehead atoms. The first-order chi connectivity index (χ1) is 24.4.